The number of hydrogen-bond acceptors (Lipinski definition) is 3. The third-order valence-electron chi connectivity index (χ3n) is 2.65. The summed E-state index contributed by atoms with van der Waals surface area (Å²) in [6.45, 7) is 1.99. The quantitative estimate of drug-likeness (QED) is 0.785. The molecule has 0 fully saturated rings. The Morgan fingerprint density at radius 2 is 1.89 bits per heavy atom. The van der Waals surface area contributed by atoms with Gasteiger partial charge in [0.2, 0.25) is 0 Å². The molecule has 98 valence electrons. The molecule has 0 atom stereocenters. The molecule has 0 spiro atoms. The fourth-order valence-electron chi connectivity index (χ4n) is 1.65. The molecule has 4 heteroatoms. The number of aldehydes is 1. The molecule has 0 aromatic heterocycles. The van der Waals surface area contributed by atoms with Crippen LogP contribution in [0.4, 0.5) is 0 Å². The monoisotopic (exact) mass is 320 g/mol. The molecule has 0 aliphatic rings. The summed E-state index contributed by atoms with van der Waals surface area (Å²) in [5.74, 6) is 1.95. The van der Waals surface area contributed by atoms with Gasteiger partial charge in [0.1, 0.15) is 5.75 Å². The summed E-state index contributed by atoms with van der Waals surface area (Å²) < 4.78 is 11.7. The molecule has 2 rings (SSSR count). The summed E-state index contributed by atoms with van der Waals surface area (Å²) in [5.41, 5.74) is 1.69. The van der Waals surface area contributed by atoms with Crippen LogP contribution in [0, 0.1) is 6.92 Å². The van der Waals surface area contributed by atoms with Gasteiger partial charge in [-0.2, -0.15) is 0 Å². The van der Waals surface area contributed by atoms with Crippen LogP contribution in [0.1, 0.15) is 15.9 Å². The lowest BCUT2D eigenvalue weighted by molar-refractivity contribution is 0.112. The Morgan fingerprint density at radius 3 is 2.53 bits per heavy atom. The van der Waals surface area contributed by atoms with Crippen molar-refractivity contribution in [1.82, 2.24) is 0 Å². The van der Waals surface area contributed by atoms with Crippen molar-refractivity contribution in [1.29, 1.82) is 0 Å². The fourth-order valence-corrected chi connectivity index (χ4v) is 2.10. The molecule has 0 aliphatic heterocycles. The second-order valence-electron chi connectivity index (χ2n) is 4.06. The summed E-state index contributed by atoms with van der Waals surface area (Å²) in [6, 6.07) is 10.9. The molecular weight excluding hydrogens is 308 g/mol. The van der Waals surface area contributed by atoms with E-state index in [1.807, 2.05) is 25.1 Å². The number of halogens is 1. The van der Waals surface area contributed by atoms with E-state index in [4.69, 9.17) is 9.47 Å². The van der Waals surface area contributed by atoms with Gasteiger partial charge in [-0.15, -0.1) is 0 Å². The zero-order valence-corrected chi connectivity index (χ0v) is 12.2. The zero-order valence-electron chi connectivity index (χ0n) is 10.6. The molecule has 0 aliphatic carbocycles. The first-order chi connectivity index (χ1) is 9.13. The summed E-state index contributed by atoms with van der Waals surface area (Å²) in [6.07, 6.45) is 0.792. The number of rotatable bonds is 4. The third kappa shape index (κ3) is 3.15. The maximum atomic E-state index is 10.7. The van der Waals surface area contributed by atoms with Crippen molar-refractivity contribution in [3.63, 3.8) is 0 Å². The first-order valence-electron chi connectivity index (χ1n) is 5.71. The maximum Gasteiger partial charge on any atom is 0.169 e. The Labute approximate surface area is 120 Å². The third-order valence-corrected chi connectivity index (χ3v) is 3.33. The van der Waals surface area contributed by atoms with Crippen LogP contribution in [0.5, 0.6) is 17.2 Å². The average molecular weight is 321 g/mol. The topological polar surface area (TPSA) is 35.5 Å². The molecule has 0 saturated heterocycles. The Bertz CT molecular complexity index is 608. The van der Waals surface area contributed by atoms with E-state index in [1.54, 1.807) is 25.3 Å². The minimum Gasteiger partial charge on any atom is -0.493 e. The fraction of sp³-hybridized carbons (Fsp3) is 0.133. The molecule has 3 nitrogen and oxygen atoms in total. The lowest BCUT2D eigenvalue weighted by Crippen LogP contribution is -1.92. The largest absolute Gasteiger partial charge is 0.493 e. The van der Waals surface area contributed by atoms with Crippen LogP contribution in [-0.2, 0) is 0 Å². The van der Waals surface area contributed by atoms with E-state index in [9.17, 15) is 4.79 Å². The molecule has 0 bridgehead atoms. The van der Waals surface area contributed by atoms with Crippen LogP contribution in [0.25, 0.3) is 0 Å². The van der Waals surface area contributed by atoms with Crippen molar-refractivity contribution >= 4 is 22.2 Å². The number of hydrogen-bond donors (Lipinski definition) is 0. The van der Waals surface area contributed by atoms with Gasteiger partial charge in [0, 0.05) is 10.0 Å². The lowest BCUT2D eigenvalue weighted by Gasteiger charge is -2.11. The Balaban J connectivity index is 2.30. The smallest absolute Gasteiger partial charge is 0.169 e. The van der Waals surface area contributed by atoms with E-state index < -0.39 is 0 Å². The van der Waals surface area contributed by atoms with E-state index in [0.29, 0.717) is 27.3 Å². The van der Waals surface area contributed by atoms with Crippen LogP contribution in [0.3, 0.4) is 0 Å². The number of methoxy groups -OCH3 is 1. The highest BCUT2D eigenvalue weighted by atomic mass is 79.9. The highest BCUT2D eigenvalue weighted by Crippen LogP contribution is 2.33. The summed E-state index contributed by atoms with van der Waals surface area (Å²) in [4.78, 5) is 10.7. The van der Waals surface area contributed by atoms with Crippen LogP contribution < -0.4 is 9.47 Å². The van der Waals surface area contributed by atoms with E-state index in [0.717, 1.165) is 11.8 Å². The molecule has 19 heavy (non-hydrogen) atoms. The Hall–Kier alpha value is -1.81. The van der Waals surface area contributed by atoms with E-state index >= 15 is 0 Å². The van der Waals surface area contributed by atoms with Crippen LogP contribution in [-0.4, -0.2) is 13.4 Å². The molecule has 2 aromatic rings. The van der Waals surface area contributed by atoms with Crippen molar-refractivity contribution in [2.75, 3.05) is 7.11 Å². The molecule has 0 radical (unpaired) electrons. The lowest BCUT2D eigenvalue weighted by atomic mass is 10.2. The number of benzene rings is 2. The second kappa shape index (κ2) is 5.89. The van der Waals surface area contributed by atoms with Crippen LogP contribution in [0.15, 0.2) is 40.9 Å². The summed E-state index contributed by atoms with van der Waals surface area (Å²) in [5, 5.41) is 0. The first kappa shape index (κ1) is 13.6. The van der Waals surface area contributed by atoms with Gasteiger partial charge in [-0.1, -0.05) is 6.07 Å². The van der Waals surface area contributed by atoms with Crippen LogP contribution >= 0.6 is 15.9 Å². The number of ether oxygens (including phenoxy) is 2. The van der Waals surface area contributed by atoms with Gasteiger partial charge in [0.05, 0.1) is 7.11 Å². The van der Waals surface area contributed by atoms with Gasteiger partial charge in [0.25, 0.3) is 0 Å². The normalized spacial score (nSPS) is 10.1. The Morgan fingerprint density at radius 1 is 1.11 bits per heavy atom. The average Bonchev–Trinajstić information content (AvgIpc) is 2.41. The molecular formula is C15H13BrO3. The van der Waals surface area contributed by atoms with Gasteiger partial charge in [-0.05, 0) is 58.7 Å². The molecule has 0 N–H and O–H groups in total. The van der Waals surface area contributed by atoms with Crippen molar-refractivity contribution in [3.8, 4) is 17.2 Å². The second-order valence-corrected chi connectivity index (χ2v) is 4.91. The molecule has 0 heterocycles. The molecule has 0 unspecified atom stereocenters. The highest BCUT2D eigenvalue weighted by Gasteiger charge is 2.07. The van der Waals surface area contributed by atoms with Crippen molar-refractivity contribution in [3.05, 3.63) is 52.0 Å². The summed E-state index contributed by atoms with van der Waals surface area (Å²) in [7, 11) is 1.60. The number of aryl methyl sites for hydroxylation is 1. The van der Waals surface area contributed by atoms with Gasteiger partial charge in [-0.25, -0.2) is 0 Å². The predicted octanol–water partition coefficient (Wildman–Crippen LogP) is 4.37. The number of carbonyl (C=O) groups is 1. The van der Waals surface area contributed by atoms with Gasteiger partial charge in [-0.3, -0.25) is 4.79 Å². The van der Waals surface area contributed by atoms with Gasteiger partial charge in [0.15, 0.2) is 17.8 Å². The molecule has 2 aromatic carbocycles. The van der Waals surface area contributed by atoms with Crippen molar-refractivity contribution in [2.24, 2.45) is 0 Å². The minimum atomic E-state index is 0.586. The summed E-state index contributed by atoms with van der Waals surface area (Å²) >= 11 is 3.33. The van der Waals surface area contributed by atoms with Crippen molar-refractivity contribution < 1.29 is 14.3 Å². The molecule has 0 amide bonds. The minimum absolute atomic E-state index is 0.586. The van der Waals surface area contributed by atoms with E-state index in [-0.39, 0.29) is 0 Å². The highest BCUT2D eigenvalue weighted by molar-refractivity contribution is 9.10. The Kier molecular flexibility index (Phi) is 4.22. The SMILES string of the molecule is COc1cc(C)ccc1Oc1ccc(C=O)c(Br)c1. The van der Waals surface area contributed by atoms with E-state index in [1.165, 1.54) is 0 Å². The zero-order chi connectivity index (χ0) is 13.8. The van der Waals surface area contributed by atoms with Gasteiger partial charge < -0.3 is 9.47 Å². The van der Waals surface area contributed by atoms with E-state index in [2.05, 4.69) is 15.9 Å². The maximum absolute atomic E-state index is 10.7. The van der Waals surface area contributed by atoms with Gasteiger partial charge >= 0.3 is 0 Å². The standard InChI is InChI=1S/C15H13BrO3/c1-10-3-6-14(15(7-10)18-2)19-12-5-4-11(9-17)13(16)8-12/h3-9H,1-2H3. The number of carbonyl (C=O) groups excluding carboxylic acids is 1. The molecule has 0 saturated carbocycles. The predicted molar refractivity (Wildman–Crippen MR) is 77.3 cm³/mol. The van der Waals surface area contributed by atoms with Crippen molar-refractivity contribution in [2.45, 2.75) is 6.92 Å². The van der Waals surface area contributed by atoms with Crippen LogP contribution in [0.2, 0.25) is 0 Å². The first-order valence-corrected chi connectivity index (χ1v) is 6.50.